The van der Waals surface area contributed by atoms with E-state index >= 15 is 0 Å². The molecule has 0 heterocycles. The molecule has 0 spiro atoms. The largest absolute Gasteiger partial charge is 0.324 e. The molecule has 0 unspecified atom stereocenters. The Morgan fingerprint density at radius 2 is 1.33 bits per heavy atom. The van der Waals surface area contributed by atoms with E-state index in [0.29, 0.717) is 5.92 Å². The highest BCUT2D eigenvalue weighted by Gasteiger charge is 2.21. The van der Waals surface area contributed by atoms with E-state index in [0.717, 1.165) is 0 Å². The summed E-state index contributed by atoms with van der Waals surface area (Å²) in [5.41, 5.74) is 8.93. The lowest BCUT2D eigenvalue weighted by Gasteiger charge is -2.27. The van der Waals surface area contributed by atoms with Crippen LogP contribution in [0.15, 0.2) is 24.3 Å². The molecule has 1 rings (SSSR count). The molecule has 0 aliphatic heterocycles. The molecule has 1 aromatic rings. The highest BCUT2D eigenvalue weighted by molar-refractivity contribution is 5.27. The van der Waals surface area contributed by atoms with Gasteiger partial charge in [-0.3, -0.25) is 0 Å². The van der Waals surface area contributed by atoms with Crippen molar-refractivity contribution in [3.63, 3.8) is 0 Å². The smallest absolute Gasteiger partial charge is 0.0344 e. The molecule has 2 N–H and O–H groups in total. The number of hydrogen-bond donors (Lipinski definition) is 1. The second-order valence-electron chi connectivity index (χ2n) is 5.67. The highest BCUT2D eigenvalue weighted by atomic mass is 14.7. The summed E-state index contributed by atoms with van der Waals surface area (Å²) in [4.78, 5) is 0. The molecule has 0 bridgehead atoms. The van der Waals surface area contributed by atoms with Crippen molar-refractivity contribution in [3.8, 4) is 0 Å². The van der Waals surface area contributed by atoms with Crippen LogP contribution in [0.4, 0.5) is 0 Å². The molecule has 1 aromatic carbocycles. The Kier molecular flexibility index (Phi) is 3.56. The summed E-state index contributed by atoms with van der Waals surface area (Å²) >= 11 is 0. The van der Waals surface area contributed by atoms with Gasteiger partial charge in [0.05, 0.1) is 0 Å². The summed E-state index contributed by atoms with van der Waals surface area (Å²) < 4.78 is 0. The molecule has 0 aliphatic carbocycles. The van der Waals surface area contributed by atoms with Crippen LogP contribution in [0, 0.1) is 5.41 Å². The van der Waals surface area contributed by atoms with Crippen molar-refractivity contribution in [3.05, 3.63) is 35.4 Å². The Labute approximate surface area is 93.7 Å². The van der Waals surface area contributed by atoms with Crippen LogP contribution in [0.1, 0.15) is 57.7 Å². The van der Waals surface area contributed by atoms with Gasteiger partial charge in [0.25, 0.3) is 0 Å². The van der Waals surface area contributed by atoms with E-state index in [1.165, 1.54) is 11.1 Å². The van der Waals surface area contributed by atoms with Crippen LogP contribution < -0.4 is 5.73 Å². The quantitative estimate of drug-likeness (QED) is 0.779. The Morgan fingerprint density at radius 1 is 0.933 bits per heavy atom. The third-order valence-electron chi connectivity index (χ3n) is 2.90. The maximum Gasteiger partial charge on any atom is 0.0344 e. The molecule has 0 radical (unpaired) electrons. The molecule has 0 saturated carbocycles. The topological polar surface area (TPSA) is 26.0 Å². The van der Waals surface area contributed by atoms with Crippen molar-refractivity contribution >= 4 is 0 Å². The van der Waals surface area contributed by atoms with Gasteiger partial charge in [-0.15, -0.1) is 0 Å². The van der Waals surface area contributed by atoms with Gasteiger partial charge in [0.15, 0.2) is 0 Å². The minimum atomic E-state index is 0.110. The number of benzene rings is 1. The zero-order chi connectivity index (χ0) is 11.6. The molecule has 1 heteroatoms. The molecule has 0 fully saturated rings. The van der Waals surface area contributed by atoms with Gasteiger partial charge < -0.3 is 5.73 Å². The molecule has 1 nitrogen and oxygen atoms in total. The monoisotopic (exact) mass is 205 g/mol. The van der Waals surface area contributed by atoms with E-state index in [-0.39, 0.29) is 11.5 Å². The number of rotatable bonds is 2. The van der Waals surface area contributed by atoms with Crippen molar-refractivity contribution in [1.29, 1.82) is 0 Å². The number of hydrogen-bond acceptors (Lipinski definition) is 1. The van der Waals surface area contributed by atoms with Gasteiger partial charge in [-0.05, 0) is 22.5 Å². The maximum atomic E-state index is 6.20. The van der Waals surface area contributed by atoms with Crippen molar-refractivity contribution in [2.75, 3.05) is 0 Å². The SMILES string of the molecule is CC(C)c1ccc([C@@H](N)C(C)(C)C)cc1. The molecule has 0 aliphatic rings. The molecular formula is C14H23N. The molecular weight excluding hydrogens is 182 g/mol. The normalized spacial score (nSPS) is 14.3. The first-order valence-corrected chi connectivity index (χ1v) is 5.68. The third kappa shape index (κ3) is 3.07. The lowest BCUT2D eigenvalue weighted by Crippen LogP contribution is -2.26. The van der Waals surface area contributed by atoms with E-state index in [1.807, 2.05) is 0 Å². The minimum Gasteiger partial charge on any atom is -0.324 e. The fourth-order valence-electron chi connectivity index (χ4n) is 1.59. The third-order valence-corrected chi connectivity index (χ3v) is 2.90. The second kappa shape index (κ2) is 4.36. The van der Waals surface area contributed by atoms with Gasteiger partial charge >= 0.3 is 0 Å². The summed E-state index contributed by atoms with van der Waals surface area (Å²) in [6, 6.07) is 8.80. The summed E-state index contributed by atoms with van der Waals surface area (Å²) in [7, 11) is 0. The van der Waals surface area contributed by atoms with Crippen LogP contribution in [0.5, 0.6) is 0 Å². The Bertz CT molecular complexity index is 303. The molecule has 1 atom stereocenters. The van der Waals surface area contributed by atoms with Gasteiger partial charge in [-0.2, -0.15) is 0 Å². The molecule has 0 saturated heterocycles. The fraction of sp³-hybridized carbons (Fsp3) is 0.571. The van der Waals surface area contributed by atoms with Gasteiger partial charge in [0.2, 0.25) is 0 Å². The van der Waals surface area contributed by atoms with Crippen LogP contribution in [-0.2, 0) is 0 Å². The minimum absolute atomic E-state index is 0.110. The predicted molar refractivity (Wildman–Crippen MR) is 66.9 cm³/mol. The fourth-order valence-corrected chi connectivity index (χ4v) is 1.59. The molecule has 84 valence electrons. The summed E-state index contributed by atoms with van der Waals surface area (Å²) in [6.45, 7) is 10.9. The Morgan fingerprint density at radius 3 is 1.67 bits per heavy atom. The van der Waals surface area contributed by atoms with Crippen molar-refractivity contribution in [1.82, 2.24) is 0 Å². The first-order valence-electron chi connectivity index (χ1n) is 5.68. The van der Waals surface area contributed by atoms with Crippen molar-refractivity contribution in [2.24, 2.45) is 11.1 Å². The Hall–Kier alpha value is -0.820. The average Bonchev–Trinajstić information content (AvgIpc) is 2.15. The van der Waals surface area contributed by atoms with Gasteiger partial charge in [-0.25, -0.2) is 0 Å². The summed E-state index contributed by atoms with van der Waals surface area (Å²) in [5, 5.41) is 0. The van der Waals surface area contributed by atoms with Crippen LogP contribution in [0.3, 0.4) is 0 Å². The summed E-state index contributed by atoms with van der Waals surface area (Å²) in [5.74, 6) is 0.588. The van der Waals surface area contributed by atoms with E-state index in [4.69, 9.17) is 5.73 Å². The van der Waals surface area contributed by atoms with Crippen molar-refractivity contribution < 1.29 is 0 Å². The van der Waals surface area contributed by atoms with E-state index in [1.54, 1.807) is 0 Å². The molecule has 15 heavy (non-hydrogen) atoms. The standard InChI is InChI=1S/C14H23N/c1-10(2)11-6-8-12(9-7-11)13(15)14(3,4)5/h6-10,13H,15H2,1-5H3/t13-/m1/s1. The van der Waals surface area contributed by atoms with Crippen LogP contribution in [0.2, 0.25) is 0 Å². The van der Waals surface area contributed by atoms with Crippen LogP contribution in [-0.4, -0.2) is 0 Å². The Balaban J connectivity index is 2.89. The maximum absolute atomic E-state index is 6.20. The highest BCUT2D eigenvalue weighted by Crippen LogP contribution is 2.30. The lowest BCUT2D eigenvalue weighted by molar-refractivity contribution is 0.327. The lowest BCUT2D eigenvalue weighted by atomic mass is 9.82. The van der Waals surface area contributed by atoms with Gasteiger partial charge in [-0.1, -0.05) is 58.9 Å². The van der Waals surface area contributed by atoms with Crippen LogP contribution in [0.25, 0.3) is 0 Å². The second-order valence-corrected chi connectivity index (χ2v) is 5.67. The molecule has 0 amide bonds. The predicted octanol–water partition coefficient (Wildman–Crippen LogP) is 3.86. The van der Waals surface area contributed by atoms with Gasteiger partial charge in [0, 0.05) is 6.04 Å². The van der Waals surface area contributed by atoms with E-state index < -0.39 is 0 Å². The van der Waals surface area contributed by atoms with Crippen molar-refractivity contribution in [2.45, 2.75) is 46.6 Å². The molecule has 0 aromatic heterocycles. The zero-order valence-corrected chi connectivity index (χ0v) is 10.5. The number of nitrogens with two attached hydrogens (primary N) is 1. The summed E-state index contributed by atoms with van der Waals surface area (Å²) in [6.07, 6.45) is 0. The first kappa shape index (κ1) is 12.3. The van der Waals surface area contributed by atoms with Crippen LogP contribution >= 0.6 is 0 Å². The first-order chi connectivity index (χ1) is 6.82. The zero-order valence-electron chi connectivity index (χ0n) is 10.5. The van der Waals surface area contributed by atoms with Gasteiger partial charge in [0.1, 0.15) is 0 Å². The van der Waals surface area contributed by atoms with E-state index in [2.05, 4.69) is 58.9 Å². The van der Waals surface area contributed by atoms with E-state index in [9.17, 15) is 0 Å². The average molecular weight is 205 g/mol.